The van der Waals surface area contributed by atoms with Crippen molar-refractivity contribution in [1.82, 2.24) is 10.3 Å². The number of nitrogens with one attached hydrogen (secondary N) is 1. The molecule has 1 fully saturated rings. The zero-order valence-corrected chi connectivity index (χ0v) is 10.4. The average molecular weight is 233 g/mol. The summed E-state index contributed by atoms with van der Waals surface area (Å²) in [4.78, 5) is 16.3. The molecule has 0 aromatic carbocycles. The van der Waals surface area contributed by atoms with Crippen molar-refractivity contribution in [3.8, 4) is 0 Å². The minimum absolute atomic E-state index is 0.0737. The number of amides is 1. The zero-order chi connectivity index (χ0) is 12.5. The summed E-state index contributed by atoms with van der Waals surface area (Å²) in [6, 6.07) is 3.57. The first-order valence-electron chi connectivity index (χ1n) is 6.01. The Kier molecular flexibility index (Phi) is 3.15. The highest BCUT2D eigenvalue weighted by Crippen LogP contribution is 2.39. The number of aromatic nitrogens is 1. The van der Waals surface area contributed by atoms with Crippen molar-refractivity contribution in [1.29, 1.82) is 0 Å². The fraction of sp³-hybridized carbons (Fsp3) is 0.538. The molecule has 1 heterocycles. The van der Waals surface area contributed by atoms with Crippen molar-refractivity contribution < 1.29 is 4.79 Å². The monoisotopic (exact) mass is 233 g/mol. The first-order chi connectivity index (χ1) is 8.07. The normalized spacial score (nSPS) is 18.5. The first-order valence-corrected chi connectivity index (χ1v) is 6.01. The summed E-state index contributed by atoms with van der Waals surface area (Å²) < 4.78 is 0. The lowest BCUT2D eigenvalue weighted by Crippen LogP contribution is -2.53. The van der Waals surface area contributed by atoms with Gasteiger partial charge in [-0.1, -0.05) is 0 Å². The SMILES string of the molecule is Cc1ncccc1C(=O)NC(C)(CN)C1CC1. The van der Waals surface area contributed by atoms with Gasteiger partial charge in [0.2, 0.25) is 0 Å². The number of hydrogen-bond acceptors (Lipinski definition) is 3. The Morgan fingerprint density at radius 3 is 2.88 bits per heavy atom. The van der Waals surface area contributed by atoms with Gasteiger partial charge in [-0.15, -0.1) is 0 Å². The fourth-order valence-electron chi connectivity index (χ4n) is 2.09. The molecule has 0 radical (unpaired) electrons. The lowest BCUT2D eigenvalue weighted by molar-refractivity contribution is 0.0897. The average Bonchev–Trinajstić information content (AvgIpc) is 3.13. The molecule has 1 aromatic heterocycles. The Bertz CT molecular complexity index is 428. The largest absolute Gasteiger partial charge is 0.345 e. The van der Waals surface area contributed by atoms with Gasteiger partial charge in [-0.25, -0.2) is 0 Å². The molecular formula is C13H19N3O. The number of pyridine rings is 1. The molecule has 1 amide bonds. The highest BCUT2D eigenvalue weighted by atomic mass is 16.1. The summed E-state index contributed by atoms with van der Waals surface area (Å²) in [6.07, 6.45) is 4.00. The molecule has 1 saturated carbocycles. The lowest BCUT2D eigenvalue weighted by Gasteiger charge is -2.29. The van der Waals surface area contributed by atoms with E-state index in [1.54, 1.807) is 18.3 Å². The molecular weight excluding hydrogens is 214 g/mol. The predicted octanol–water partition coefficient (Wildman–Crippen LogP) is 1.25. The van der Waals surface area contributed by atoms with E-state index in [4.69, 9.17) is 5.73 Å². The number of hydrogen-bond donors (Lipinski definition) is 2. The summed E-state index contributed by atoms with van der Waals surface area (Å²) in [6.45, 7) is 4.34. The van der Waals surface area contributed by atoms with Crippen molar-refractivity contribution in [2.45, 2.75) is 32.2 Å². The molecule has 1 aromatic rings. The topological polar surface area (TPSA) is 68.0 Å². The van der Waals surface area contributed by atoms with Gasteiger partial charge in [0, 0.05) is 18.4 Å². The number of rotatable bonds is 4. The molecule has 2 rings (SSSR count). The van der Waals surface area contributed by atoms with Gasteiger partial charge in [-0.05, 0) is 44.7 Å². The van der Waals surface area contributed by atoms with E-state index < -0.39 is 0 Å². The van der Waals surface area contributed by atoms with E-state index in [1.807, 2.05) is 13.8 Å². The van der Waals surface area contributed by atoms with Gasteiger partial charge >= 0.3 is 0 Å². The van der Waals surface area contributed by atoms with Gasteiger partial charge in [0.25, 0.3) is 5.91 Å². The van der Waals surface area contributed by atoms with Crippen molar-refractivity contribution in [3.63, 3.8) is 0 Å². The minimum atomic E-state index is -0.278. The van der Waals surface area contributed by atoms with Crippen LogP contribution < -0.4 is 11.1 Å². The van der Waals surface area contributed by atoms with Gasteiger partial charge in [-0.2, -0.15) is 0 Å². The van der Waals surface area contributed by atoms with E-state index in [9.17, 15) is 4.79 Å². The molecule has 17 heavy (non-hydrogen) atoms. The third kappa shape index (κ3) is 2.47. The van der Waals surface area contributed by atoms with Crippen molar-refractivity contribution in [3.05, 3.63) is 29.6 Å². The van der Waals surface area contributed by atoms with Crippen LogP contribution in [0.3, 0.4) is 0 Å². The molecule has 0 spiro atoms. The summed E-state index contributed by atoms with van der Waals surface area (Å²) in [7, 11) is 0. The van der Waals surface area contributed by atoms with Crippen LogP contribution in [0, 0.1) is 12.8 Å². The Morgan fingerprint density at radius 2 is 2.35 bits per heavy atom. The Hall–Kier alpha value is -1.42. The molecule has 4 nitrogen and oxygen atoms in total. The predicted molar refractivity (Wildman–Crippen MR) is 66.6 cm³/mol. The maximum Gasteiger partial charge on any atom is 0.253 e. The Balaban J connectivity index is 2.13. The maximum absolute atomic E-state index is 12.2. The molecule has 92 valence electrons. The molecule has 0 saturated heterocycles. The molecule has 3 N–H and O–H groups in total. The van der Waals surface area contributed by atoms with Crippen LogP contribution in [-0.4, -0.2) is 23.0 Å². The highest BCUT2D eigenvalue weighted by molar-refractivity contribution is 5.95. The fourth-order valence-corrected chi connectivity index (χ4v) is 2.09. The molecule has 0 bridgehead atoms. The minimum Gasteiger partial charge on any atom is -0.345 e. The Morgan fingerprint density at radius 1 is 1.65 bits per heavy atom. The van der Waals surface area contributed by atoms with Crippen molar-refractivity contribution >= 4 is 5.91 Å². The Labute approximate surface area is 102 Å². The van der Waals surface area contributed by atoms with Crippen LogP contribution in [0.2, 0.25) is 0 Å². The second-order valence-electron chi connectivity index (χ2n) is 4.99. The summed E-state index contributed by atoms with van der Waals surface area (Å²) >= 11 is 0. The second-order valence-corrected chi connectivity index (χ2v) is 4.99. The van der Waals surface area contributed by atoms with E-state index in [0.29, 0.717) is 18.0 Å². The summed E-state index contributed by atoms with van der Waals surface area (Å²) in [5.74, 6) is 0.448. The standard InChI is InChI=1S/C13H19N3O/c1-9-11(4-3-7-15-9)12(17)16-13(2,8-14)10-5-6-10/h3-4,7,10H,5-6,8,14H2,1-2H3,(H,16,17). The number of aryl methyl sites for hydroxylation is 1. The van der Waals surface area contributed by atoms with Crippen LogP contribution in [-0.2, 0) is 0 Å². The van der Waals surface area contributed by atoms with Gasteiger partial charge in [0.1, 0.15) is 0 Å². The van der Waals surface area contributed by atoms with Gasteiger partial charge in [0.15, 0.2) is 0 Å². The number of nitrogens with two attached hydrogens (primary N) is 1. The van der Waals surface area contributed by atoms with E-state index in [-0.39, 0.29) is 11.4 Å². The molecule has 1 aliphatic rings. The summed E-state index contributed by atoms with van der Waals surface area (Å²) in [5.41, 5.74) is 6.89. The quantitative estimate of drug-likeness (QED) is 0.822. The number of nitrogens with zero attached hydrogens (tertiary/aromatic N) is 1. The van der Waals surface area contributed by atoms with Crippen molar-refractivity contribution in [2.24, 2.45) is 11.7 Å². The molecule has 1 atom stereocenters. The third-order valence-corrected chi connectivity index (χ3v) is 3.55. The van der Waals surface area contributed by atoms with Crippen LogP contribution in [0.15, 0.2) is 18.3 Å². The zero-order valence-electron chi connectivity index (χ0n) is 10.4. The van der Waals surface area contributed by atoms with Crippen LogP contribution in [0.1, 0.15) is 35.8 Å². The van der Waals surface area contributed by atoms with Crippen molar-refractivity contribution in [2.75, 3.05) is 6.54 Å². The highest BCUT2D eigenvalue weighted by Gasteiger charge is 2.41. The molecule has 4 heteroatoms. The van der Waals surface area contributed by atoms with Gasteiger partial charge < -0.3 is 11.1 Å². The van der Waals surface area contributed by atoms with E-state index in [1.165, 1.54) is 0 Å². The second kappa shape index (κ2) is 4.45. The first kappa shape index (κ1) is 12.0. The van der Waals surface area contributed by atoms with Crippen LogP contribution in [0.5, 0.6) is 0 Å². The van der Waals surface area contributed by atoms with E-state index in [2.05, 4.69) is 10.3 Å². The summed E-state index contributed by atoms with van der Waals surface area (Å²) in [5, 5.41) is 3.06. The van der Waals surface area contributed by atoms with Crippen LogP contribution in [0.25, 0.3) is 0 Å². The van der Waals surface area contributed by atoms with E-state index >= 15 is 0 Å². The van der Waals surface area contributed by atoms with Crippen LogP contribution >= 0.6 is 0 Å². The van der Waals surface area contributed by atoms with Crippen LogP contribution in [0.4, 0.5) is 0 Å². The molecule has 0 aliphatic heterocycles. The van der Waals surface area contributed by atoms with Gasteiger partial charge in [-0.3, -0.25) is 9.78 Å². The molecule has 1 aliphatic carbocycles. The smallest absolute Gasteiger partial charge is 0.253 e. The lowest BCUT2D eigenvalue weighted by atomic mass is 9.95. The molecule has 1 unspecified atom stereocenters. The van der Waals surface area contributed by atoms with Gasteiger partial charge in [0.05, 0.1) is 11.1 Å². The van der Waals surface area contributed by atoms with E-state index in [0.717, 1.165) is 18.5 Å². The number of carbonyl (C=O) groups is 1. The maximum atomic E-state index is 12.2. The third-order valence-electron chi connectivity index (χ3n) is 3.55. The number of carbonyl (C=O) groups excluding carboxylic acids is 1.